The van der Waals surface area contributed by atoms with E-state index < -0.39 is 6.61 Å². The number of carbonyl (C=O) groups excluding carboxylic acids is 1. The van der Waals surface area contributed by atoms with Crippen LogP contribution in [0.15, 0.2) is 68.4 Å². The standard InChI is InChI=1S/C20H15F2N3O4S/c1-12-9-16(29-24-12)11-30-20-23-17(10-15-3-2-8-27-15)18(26)25(20)13-4-6-14(7-5-13)28-19(21)22/h2-10,19H,11H2,1H3/b17-10-. The van der Waals surface area contributed by atoms with E-state index in [2.05, 4.69) is 14.9 Å². The number of hydrogen-bond acceptors (Lipinski definition) is 7. The van der Waals surface area contributed by atoms with Crippen LogP contribution in [0.2, 0.25) is 0 Å². The van der Waals surface area contributed by atoms with E-state index in [-0.39, 0.29) is 17.4 Å². The summed E-state index contributed by atoms with van der Waals surface area (Å²) in [6.45, 7) is -1.11. The zero-order chi connectivity index (χ0) is 21.1. The van der Waals surface area contributed by atoms with Gasteiger partial charge in [-0.2, -0.15) is 8.78 Å². The Morgan fingerprint density at radius 2 is 2.07 bits per heavy atom. The van der Waals surface area contributed by atoms with Crippen LogP contribution in [0.5, 0.6) is 5.75 Å². The third kappa shape index (κ3) is 4.43. The van der Waals surface area contributed by atoms with Crippen molar-refractivity contribution in [2.75, 3.05) is 4.90 Å². The van der Waals surface area contributed by atoms with Crippen molar-refractivity contribution in [1.82, 2.24) is 5.16 Å². The second-order valence-electron chi connectivity index (χ2n) is 6.18. The summed E-state index contributed by atoms with van der Waals surface area (Å²) in [5, 5.41) is 4.26. The summed E-state index contributed by atoms with van der Waals surface area (Å²) < 4.78 is 39.7. The van der Waals surface area contributed by atoms with Crippen molar-refractivity contribution in [2.24, 2.45) is 4.99 Å². The first kappa shape index (κ1) is 19.9. The summed E-state index contributed by atoms with van der Waals surface area (Å²) in [5.74, 6) is 1.15. The number of furan rings is 1. The van der Waals surface area contributed by atoms with Crippen molar-refractivity contribution in [3.8, 4) is 5.75 Å². The van der Waals surface area contributed by atoms with E-state index in [0.717, 1.165) is 5.69 Å². The van der Waals surface area contributed by atoms with E-state index >= 15 is 0 Å². The van der Waals surface area contributed by atoms with E-state index in [4.69, 9.17) is 8.94 Å². The highest BCUT2D eigenvalue weighted by Gasteiger charge is 2.32. The molecule has 7 nitrogen and oxygen atoms in total. The molecule has 0 saturated carbocycles. The molecule has 0 aliphatic carbocycles. The van der Waals surface area contributed by atoms with Crippen molar-refractivity contribution in [2.45, 2.75) is 19.3 Å². The number of ether oxygens (including phenoxy) is 1. The number of amides is 1. The van der Waals surface area contributed by atoms with Crippen LogP contribution in [0.1, 0.15) is 17.2 Å². The number of aryl methyl sites for hydroxylation is 1. The molecule has 0 bridgehead atoms. The van der Waals surface area contributed by atoms with Gasteiger partial charge in [0.1, 0.15) is 23.0 Å². The first-order chi connectivity index (χ1) is 14.5. The zero-order valence-corrected chi connectivity index (χ0v) is 16.4. The number of carbonyl (C=O) groups is 1. The van der Waals surface area contributed by atoms with Crippen LogP contribution in [-0.2, 0) is 10.5 Å². The number of benzene rings is 1. The van der Waals surface area contributed by atoms with Crippen LogP contribution in [0.4, 0.5) is 14.5 Å². The van der Waals surface area contributed by atoms with Gasteiger partial charge in [0.2, 0.25) is 0 Å². The molecule has 2 aromatic heterocycles. The van der Waals surface area contributed by atoms with Gasteiger partial charge in [-0.25, -0.2) is 4.99 Å². The molecular formula is C20H15F2N3O4S. The summed E-state index contributed by atoms with van der Waals surface area (Å²) in [7, 11) is 0. The predicted octanol–water partition coefficient (Wildman–Crippen LogP) is 4.85. The van der Waals surface area contributed by atoms with Crippen LogP contribution in [0.25, 0.3) is 6.08 Å². The number of amidine groups is 1. The lowest BCUT2D eigenvalue weighted by molar-refractivity contribution is -0.113. The lowest BCUT2D eigenvalue weighted by atomic mass is 10.2. The number of hydrogen-bond donors (Lipinski definition) is 0. The molecule has 3 heterocycles. The van der Waals surface area contributed by atoms with Gasteiger partial charge in [-0.05, 0) is 43.3 Å². The molecule has 0 atom stereocenters. The van der Waals surface area contributed by atoms with E-state index in [1.807, 2.05) is 6.92 Å². The van der Waals surface area contributed by atoms with Crippen molar-refractivity contribution >= 4 is 34.6 Å². The van der Waals surface area contributed by atoms with Crippen LogP contribution < -0.4 is 9.64 Å². The van der Waals surface area contributed by atoms with Gasteiger partial charge in [0.05, 0.1) is 23.4 Å². The zero-order valence-electron chi connectivity index (χ0n) is 15.6. The molecule has 0 fully saturated rings. The molecule has 0 spiro atoms. The SMILES string of the molecule is Cc1cc(CSC2=N/C(=C\c3ccco3)C(=O)N2c2ccc(OC(F)F)cc2)on1. The first-order valence-electron chi connectivity index (χ1n) is 8.78. The molecule has 10 heteroatoms. The Morgan fingerprint density at radius 3 is 2.70 bits per heavy atom. The van der Waals surface area contributed by atoms with E-state index in [1.165, 1.54) is 53.3 Å². The van der Waals surface area contributed by atoms with Gasteiger partial charge in [0, 0.05) is 12.1 Å². The summed E-state index contributed by atoms with van der Waals surface area (Å²) in [5.41, 5.74) is 1.40. The quantitative estimate of drug-likeness (QED) is 0.519. The lowest BCUT2D eigenvalue weighted by Crippen LogP contribution is -2.30. The van der Waals surface area contributed by atoms with Gasteiger partial charge in [0.15, 0.2) is 5.17 Å². The van der Waals surface area contributed by atoms with Gasteiger partial charge >= 0.3 is 6.61 Å². The van der Waals surface area contributed by atoms with Crippen molar-refractivity contribution < 1.29 is 27.3 Å². The fourth-order valence-electron chi connectivity index (χ4n) is 2.73. The highest BCUT2D eigenvalue weighted by atomic mass is 32.2. The second-order valence-corrected chi connectivity index (χ2v) is 7.12. The summed E-state index contributed by atoms with van der Waals surface area (Å²) in [6.07, 6.45) is 3.03. The minimum absolute atomic E-state index is 0.00461. The molecule has 30 heavy (non-hydrogen) atoms. The lowest BCUT2D eigenvalue weighted by Gasteiger charge is -2.18. The van der Waals surface area contributed by atoms with Crippen molar-refractivity contribution in [3.05, 3.63) is 71.6 Å². The number of aliphatic imine (C=N–C) groups is 1. The topological polar surface area (TPSA) is 81.1 Å². The molecule has 4 rings (SSSR count). The van der Waals surface area contributed by atoms with Crippen molar-refractivity contribution in [1.29, 1.82) is 0 Å². The number of nitrogens with zero attached hydrogens (tertiary/aromatic N) is 3. The molecule has 0 N–H and O–H groups in total. The van der Waals surface area contributed by atoms with Gasteiger partial charge in [0.25, 0.3) is 5.91 Å². The molecule has 154 valence electrons. The maximum absolute atomic E-state index is 13.0. The highest BCUT2D eigenvalue weighted by molar-refractivity contribution is 8.13. The van der Waals surface area contributed by atoms with Gasteiger partial charge in [-0.1, -0.05) is 16.9 Å². The van der Waals surface area contributed by atoms with Crippen molar-refractivity contribution in [3.63, 3.8) is 0 Å². The number of alkyl halides is 2. The minimum Gasteiger partial charge on any atom is -0.465 e. The van der Waals surface area contributed by atoms with Gasteiger partial charge < -0.3 is 13.7 Å². The Morgan fingerprint density at radius 1 is 1.27 bits per heavy atom. The number of rotatable bonds is 6. The monoisotopic (exact) mass is 431 g/mol. The Labute approximate surface area is 174 Å². The Bertz CT molecular complexity index is 1090. The van der Waals surface area contributed by atoms with Crippen LogP contribution in [0, 0.1) is 6.92 Å². The Kier molecular flexibility index (Phi) is 5.66. The molecule has 1 aliphatic heterocycles. The Balaban J connectivity index is 1.61. The fourth-order valence-corrected chi connectivity index (χ4v) is 3.61. The summed E-state index contributed by atoms with van der Waals surface area (Å²) in [4.78, 5) is 18.9. The first-order valence-corrected chi connectivity index (χ1v) is 9.76. The maximum atomic E-state index is 13.0. The average Bonchev–Trinajstić information content (AvgIpc) is 3.43. The summed E-state index contributed by atoms with van der Waals surface area (Å²) in [6, 6.07) is 11.0. The largest absolute Gasteiger partial charge is 0.465 e. The highest BCUT2D eigenvalue weighted by Crippen LogP contribution is 2.32. The third-order valence-electron chi connectivity index (χ3n) is 3.99. The average molecular weight is 431 g/mol. The van der Waals surface area contributed by atoms with E-state index in [0.29, 0.717) is 28.1 Å². The summed E-state index contributed by atoms with van der Waals surface area (Å²) >= 11 is 1.29. The molecule has 1 aromatic carbocycles. The number of halogens is 2. The molecule has 3 aromatic rings. The normalized spacial score (nSPS) is 15.3. The van der Waals surface area contributed by atoms with Crippen LogP contribution >= 0.6 is 11.8 Å². The third-order valence-corrected chi connectivity index (χ3v) is 4.95. The smallest absolute Gasteiger partial charge is 0.387 e. The van der Waals surface area contributed by atoms with Crippen LogP contribution in [0.3, 0.4) is 0 Å². The molecule has 0 radical (unpaired) electrons. The molecular weight excluding hydrogens is 416 g/mol. The maximum Gasteiger partial charge on any atom is 0.387 e. The predicted molar refractivity (Wildman–Crippen MR) is 107 cm³/mol. The number of anilines is 1. The van der Waals surface area contributed by atoms with Gasteiger partial charge in [-0.3, -0.25) is 9.69 Å². The second kappa shape index (κ2) is 8.54. The van der Waals surface area contributed by atoms with Gasteiger partial charge in [-0.15, -0.1) is 0 Å². The number of aromatic nitrogens is 1. The Hall–Kier alpha value is -3.40. The molecule has 1 amide bonds. The minimum atomic E-state index is -2.93. The fraction of sp³-hybridized carbons (Fsp3) is 0.150. The molecule has 0 unspecified atom stereocenters. The molecule has 0 saturated heterocycles. The van der Waals surface area contributed by atoms with E-state index in [9.17, 15) is 13.6 Å². The molecule has 1 aliphatic rings. The van der Waals surface area contributed by atoms with Crippen LogP contribution in [-0.4, -0.2) is 22.8 Å². The van der Waals surface area contributed by atoms with E-state index in [1.54, 1.807) is 18.2 Å². The number of thioether (sulfide) groups is 1.